The number of halogens is 1. The van der Waals surface area contributed by atoms with E-state index in [0.29, 0.717) is 18.4 Å². The van der Waals surface area contributed by atoms with Gasteiger partial charge in [-0.1, -0.05) is 43.2 Å². The number of alkyl halides is 1. The third-order valence-corrected chi connectivity index (χ3v) is 4.81. The normalized spacial score (nSPS) is 39.2. The van der Waals surface area contributed by atoms with Crippen LogP contribution >= 0.6 is 11.6 Å². The number of rotatable bonds is 1. The van der Waals surface area contributed by atoms with E-state index in [4.69, 9.17) is 16.3 Å². The van der Waals surface area contributed by atoms with Crippen LogP contribution in [0.2, 0.25) is 0 Å². The number of benzene rings is 1. The van der Waals surface area contributed by atoms with E-state index in [0.717, 1.165) is 12.8 Å². The zero-order valence-electron chi connectivity index (χ0n) is 9.93. The van der Waals surface area contributed by atoms with Crippen molar-refractivity contribution in [1.82, 2.24) is 0 Å². The molecule has 1 aromatic rings. The zero-order valence-corrected chi connectivity index (χ0v) is 10.7. The Morgan fingerprint density at radius 1 is 1.28 bits per heavy atom. The van der Waals surface area contributed by atoms with Crippen molar-refractivity contribution in [2.24, 2.45) is 5.92 Å². The number of ether oxygens (including phenoxy) is 1. The van der Waals surface area contributed by atoms with E-state index in [1.165, 1.54) is 0 Å². The lowest BCUT2D eigenvalue weighted by Crippen LogP contribution is -2.49. The number of cyclic esters (lactones) is 1. The maximum absolute atomic E-state index is 11.9. The highest BCUT2D eigenvalue weighted by Gasteiger charge is 2.66. The maximum atomic E-state index is 11.9. The maximum Gasteiger partial charge on any atom is 0.313 e. The quantitative estimate of drug-likeness (QED) is 0.628. The molecule has 1 aromatic carbocycles. The van der Waals surface area contributed by atoms with Gasteiger partial charge in [0.2, 0.25) is 0 Å². The lowest BCUT2D eigenvalue weighted by molar-refractivity contribution is -0.203. The van der Waals surface area contributed by atoms with Crippen LogP contribution < -0.4 is 0 Å². The molecule has 3 rings (SSSR count). The highest BCUT2D eigenvalue weighted by atomic mass is 35.5. The number of hydrogen-bond donors (Lipinski definition) is 1. The first-order chi connectivity index (χ1) is 8.58. The lowest BCUT2D eigenvalue weighted by atomic mass is 9.74. The Morgan fingerprint density at radius 3 is 2.72 bits per heavy atom. The summed E-state index contributed by atoms with van der Waals surface area (Å²) in [5.41, 5.74) is 0.553. The van der Waals surface area contributed by atoms with E-state index < -0.39 is 16.6 Å². The van der Waals surface area contributed by atoms with Crippen LogP contribution in [-0.2, 0) is 15.3 Å². The van der Waals surface area contributed by atoms with Crippen LogP contribution in [0.15, 0.2) is 30.3 Å². The summed E-state index contributed by atoms with van der Waals surface area (Å²) in [7, 11) is 0. The van der Waals surface area contributed by atoms with Gasteiger partial charge < -0.3 is 9.84 Å². The highest BCUT2D eigenvalue weighted by molar-refractivity contribution is 6.27. The molecule has 96 valence electrons. The van der Waals surface area contributed by atoms with E-state index in [9.17, 15) is 9.90 Å². The van der Waals surface area contributed by atoms with E-state index in [1.54, 1.807) is 24.3 Å². The fourth-order valence-corrected chi connectivity index (χ4v) is 3.59. The van der Waals surface area contributed by atoms with Crippen molar-refractivity contribution in [1.29, 1.82) is 0 Å². The van der Waals surface area contributed by atoms with Gasteiger partial charge in [-0.05, 0) is 12.8 Å². The second-order valence-electron chi connectivity index (χ2n) is 5.09. The van der Waals surface area contributed by atoms with Crippen molar-refractivity contribution in [3.63, 3.8) is 0 Å². The monoisotopic (exact) mass is 266 g/mol. The number of esters is 1. The first-order valence-electron chi connectivity index (χ1n) is 6.27. The predicted molar refractivity (Wildman–Crippen MR) is 67.0 cm³/mol. The third kappa shape index (κ3) is 1.44. The van der Waals surface area contributed by atoms with E-state index in [-0.39, 0.29) is 5.97 Å². The smallest absolute Gasteiger partial charge is 0.313 e. The molecule has 3 nitrogen and oxygen atoms in total. The summed E-state index contributed by atoms with van der Waals surface area (Å²) in [5, 5.41) is 10.8. The SMILES string of the molecule is O=C1OC(O)(c2ccccc2)C2(Cl)CCCCC12. The number of carbonyl (C=O) groups is 1. The Hall–Kier alpha value is -1.06. The van der Waals surface area contributed by atoms with Gasteiger partial charge in [-0.25, -0.2) is 0 Å². The molecule has 1 saturated carbocycles. The number of hydrogen-bond acceptors (Lipinski definition) is 3. The largest absolute Gasteiger partial charge is 0.426 e. The van der Waals surface area contributed by atoms with E-state index in [2.05, 4.69) is 0 Å². The molecule has 0 spiro atoms. The van der Waals surface area contributed by atoms with E-state index >= 15 is 0 Å². The minimum absolute atomic E-state index is 0.379. The first kappa shape index (κ1) is 12.0. The Kier molecular flexibility index (Phi) is 2.65. The Balaban J connectivity index is 2.09. The van der Waals surface area contributed by atoms with Gasteiger partial charge in [-0.2, -0.15) is 0 Å². The van der Waals surface area contributed by atoms with Crippen LogP contribution in [0.1, 0.15) is 31.2 Å². The Morgan fingerprint density at radius 2 is 2.00 bits per heavy atom. The molecule has 1 saturated heterocycles. The molecule has 2 fully saturated rings. The highest BCUT2D eigenvalue weighted by Crippen LogP contribution is 2.56. The van der Waals surface area contributed by atoms with Gasteiger partial charge in [-0.3, -0.25) is 4.79 Å². The van der Waals surface area contributed by atoms with Crippen molar-refractivity contribution in [2.45, 2.75) is 36.3 Å². The molecule has 0 aromatic heterocycles. The number of fused-ring (bicyclic) bond motifs is 1. The molecule has 0 bridgehead atoms. The molecule has 1 heterocycles. The molecule has 1 N–H and O–H groups in total. The third-order valence-electron chi connectivity index (χ3n) is 4.10. The van der Waals surface area contributed by atoms with Crippen LogP contribution in [-0.4, -0.2) is 16.0 Å². The van der Waals surface area contributed by atoms with Crippen molar-refractivity contribution >= 4 is 17.6 Å². The minimum Gasteiger partial charge on any atom is -0.426 e. The number of carbonyl (C=O) groups excluding carboxylic acids is 1. The first-order valence-corrected chi connectivity index (χ1v) is 6.65. The molecule has 1 aliphatic carbocycles. The van der Waals surface area contributed by atoms with Crippen molar-refractivity contribution in [3.05, 3.63) is 35.9 Å². The van der Waals surface area contributed by atoms with Gasteiger partial charge in [0.15, 0.2) is 0 Å². The van der Waals surface area contributed by atoms with Gasteiger partial charge >= 0.3 is 5.97 Å². The summed E-state index contributed by atoms with van der Waals surface area (Å²) < 4.78 is 5.27. The van der Waals surface area contributed by atoms with Crippen molar-refractivity contribution in [2.75, 3.05) is 0 Å². The van der Waals surface area contributed by atoms with Gasteiger partial charge in [-0.15, -0.1) is 11.6 Å². The molecule has 3 atom stereocenters. The zero-order chi connectivity index (χ0) is 12.8. The molecule has 3 unspecified atom stereocenters. The average molecular weight is 267 g/mol. The molecular weight excluding hydrogens is 252 g/mol. The molecular formula is C14H15ClO3. The van der Waals surface area contributed by atoms with Crippen LogP contribution in [0, 0.1) is 5.92 Å². The fourth-order valence-electron chi connectivity index (χ4n) is 3.11. The molecule has 4 heteroatoms. The summed E-state index contributed by atoms with van der Waals surface area (Å²) in [4.78, 5) is 10.9. The summed E-state index contributed by atoms with van der Waals surface area (Å²) >= 11 is 6.61. The van der Waals surface area contributed by atoms with Crippen LogP contribution in [0.5, 0.6) is 0 Å². The Labute approximate surface area is 111 Å². The van der Waals surface area contributed by atoms with E-state index in [1.807, 2.05) is 6.07 Å². The Bertz CT molecular complexity index is 475. The molecule has 18 heavy (non-hydrogen) atoms. The van der Waals surface area contributed by atoms with Gasteiger partial charge in [0.25, 0.3) is 5.79 Å². The summed E-state index contributed by atoms with van der Waals surface area (Å²) in [6.45, 7) is 0. The lowest BCUT2D eigenvalue weighted by Gasteiger charge is -2.39. The molecule has 0 amide bonds. The number of aliphatic hydroxyl groups is 1. The topological polar surface area (TPSA) is 46.5 Å². The summed E-state index contributed by atoms with van der Waals surface area (Å²) in [6, 6.07) is 8.95. The van der Waals surface area contributed by atoms with Crippen molar-refractivity contribution in [3.8, 4) is 0 Å². The summed E-state index contributed by atoms with van der Waals surface area (Å²) in [5.74, 6) is -2.48. The van der Waals surface area contributed by atoms with Crippen LogP contribution in [0.3, 0.4) is 0 Å². The minimum atomic E-state index is -1.70. The van der Waals surface area contributed by atoms with Gasteiger partial charge in [0.05, 0.1) is 5.92 Å². The average Bonchev–Trinajstić information content (AvgIpc) is 2.60. The molecule has 1 aliphatic heterocycles. The van der Waals surface area contributed by atoms with Gasteiger partial charge in [0.1, 0.15) is 4.87 Å². The second-order valence-corrected chi connectivity index (χ2v) is 5.77. The second kappa shape index (κ2) is 3.97. The fraction of sp³-hybridized carbons (Fsp3) is 0.500. The van der Waals surface area contributed by atoms with Crippen molar-refractivity contribution < 1.29 is 14.6 Å². The van der Waals surface area contributed by atoms with Gasteiger partial charge in [0, 0.05) is 5.56 Å². The standard InChI is InChI=1S/C14H15ClO3/c15-13-9-5-4-8-11(13)12(16)18-14(13,17)10-6-2-1-3-7-10/h1-3,6-7,11,17H,4-5,8-9H2. The summed E-state index contributed by atoms with van der Waals surface area (Å²) in [6.07, 6.45) is 3.15. The van der Waals surface area contributed by atoms with Crippen LogP contribution in [0.4, 0.5) is 0 Å². The molecule has 0 radical (unpaired) electrons. The predicted octanol–water partition coefficient (Wildman–Crippen LogP) is 2.56. The van der Waals surface area contributed by atoms with Crippen LogP contribution in [0.25, 0.3) is 0 Å². The molecule has 2 aliphatic rings.